The van der Waals surface area contributed by atoms with Crippen LogP contribution >= 0.6 is 0 Å². The Labute approximate surface area is 186 Å². The zero-order valence-electron chi connectivity index (χ0n) is 18.3. The SMILES string of the molecule is Cc1cc(=O)cc(C(=O)N2CCC(c3ccccc3)(c3cn4cccc(C)c4n3)CC2)[nH]1. The van der Waals surface area contributed by atoms with Crippen molar-refractivity contribution in [1.29, 1.82) is 0 Å². The molecular formula is C26H26N4O2. The fraction of sp³-hybridized carbons (Fsp3) is 0.269. The highest BCUT2D eigenvalue weighted by Gasteiger charge is 2.41. The number of aryl methyl sites for hydroxylation is 2. The number of amides is 1. The number of aromatic nitrogens is 3. The zero-order chi connectivity index (χ0) is 22.3. The van der Waals surface area contributed by atoms with Crippen molar-refractivity contribution in [2.75, 3.05) is 13.1 Å². The number of hydrogen-bond acceptors (Lipinski definition) is 3. The van der Waals surface area contributed by atoms with Gasteiger partial charge in [-0.05, 0) is 43.9 Å². The van der Waals surface area contributed by atoms with E-state index in [0.717, 1.165) is 29.7 Å². The molecule has 6 heteroatoms. The number of rotatable bonds is 3. The fourth-order valence-electron chi connectivity index (χ4n) is 4.89. The van der Waals surface area contributed by atoms with Gasteiger partial charge in [0.1, 0.15) is 11.3 Å². The summed E-state index contributed by atoms with van der Waals surface area (Å²) in [5, 5.41) is 0. The smallest absolute Gasteiger partial charge is 0.270 e. The minimum absolute atomic E-state index is 0.127. The van der Waals surface area contributed by atoms with Crippen LogP contribution in [0.4, 0.5) is 0 Å². The van der Waals surface area contributed by atoms with Crippen molar-refractivity contribution in [3.63, 3.8) is 0 Å². The minimum Gasteiger partial charge on any atom is -0.354 e. The first-order valence-corrected chi connectivity index (χ1v) is 11.0. The lowest BCUT2D eigenvalue weighted by atomic mass is 9.70. The summed E-state index contributed by atoms with van der Waals surface area (Å²) in [5.41, 5.74) is 4.98. The van der Waals surface area contributed by atoms with Gasteiger partial charge >= 0.3 is 0 Å². The van der Waals surface area contributed by atoms with Crippen molar-refractivity contribution in [3.05, 3.63) is 105 Å². The van der Waals surface area contributed by atoms with Crippen LogP contribution in [0, 0.1) is 13.8 Å². The van der Waals surface area contributed by atoms with Crippen LogP contribution < -0.4 is 5.43 Å². The van der Waals surface area contributed by atoms with Gasteiger partial charge < -0.3 is 14.3 Å². The lowest BCUT2D eigenvalue weighted by molar-refractivity contribution is 0.0678. The standard InChI is InChI=1S/C26H26N4O2/c1-18-7-6-12-30-17-23(28-24(18)30)26(20-8-4-3-5-9-20)10-13-29(14-11-26)25(32)22-16-21(31)15-19(2)27-22/h3-9,12,15-17H,10-11,13-14H2,1-2H3,(H,27,31). The first-order valence-electron chi connectivity index (χ1n) is 11.0. The van der Waals surface area contributed by atoms with Crippen LogP contribution in [-0.2, 0) is 5.41 Å². The Morgan fingerprint density at radius 2 is 1.78 bits per heavy atom. The van der Waals surface area contributed by atoms with Gasteiger partial charge in [-0.15, -0.1) is 0 Å². The number of pyridine rings is 2. The van der Waals surface area contributed by atoms with Crippen LogP contribution in [0.1, 0.15) is 45.8 Å². The summed E-state index contributed by atoms with van der Waals surface area (Å²) < 4.78 is 2.09. The van der Waals surface area contributed by atoms with E-state index in [1.54, 1.807) is 6.92 Å². The summed E-state index contributed by atoms with van der Waals surface area (Å²) in [6.45, 7) is 5.05. The third kappa shape index (κ3) is 3.42. The zero-order valence-corrected chi connectivity index (χ0v) is 18.3. The Balaban J connectivity index is 1.50. The van der Waals surface area contributed by atoms with Gasteiger partial charge in [0.25, 0.3) is 5.91 Å². The molecule has 4 heterocycles. The number of likely N-dealkylation sites (tertiary alicyclic amines) is 1. The monoisotopic (exact) mass is 426 g/mol. The molecule has 3 aromatic heterocycles. The summed E-state index contributed by atoms with van der Waals surface area (Å²) in [7, 11) is 0. The Bertz CT molecular complexity index is 1350. The highest BCUT2D eigenvalue weighted by molar-refractivity contribution is 5.92. The summed E-state index contributed by atoms with van der Waals surface area (Å²) in [6, 6.07) is 17.5. The van der Waals surface area contributed by atoms with Crippen molar-refractivity contribution in [3.8, 4) is 0 Å². The van der Waals surface area contributed by atoms with Gasteiger partial charge in [0.15, 0.2) is 5.43 Å². The number of fused-ring (bicyclic) bond motifs is 1. The van der Waals surface area contributed by atoms with Crippen molar-refractivity contribution in [2.45, 2.75) is 32.1 Å². The van der Waals surface area contributed by atoms with Crippen LogP contribution in [0.3, 0.4) is 0 Å². The molecule has 0 bridgehead atoms. The molecule has 1 aromatic carbocycles. The number of piperidine rings is 1. The fourth-order valence-corrected chi connectivity index (χ4v) is 4.89. The van der Waals surface area contributed by atoms with E-state index in [4.69, 9.17) is 4.98 Å². The second-order valence-corrected chi connectivity index (χ2v) is 8.70. The molecule has 0 spiro atoms. The molecule has 1 N–H and O–H groups in total. The average molecular weight is 427 g/mol. The van der Waals surface area contributed by atoms with Crippen LogP contribution in [0.5, 0.6) is 0 Å². The third-order valence-corrected chi connectivity index (χ3v) is 6.61. The van der Waals surface area contributed by atoms with E-state index in [0.29, 0.717) is 24.5 Å². The largest absolute Gasteiger partial charge is 0.354 e. The number of carbonyl (C=O) groups excluding carboxylic acids is 1. The molecule has 1 amide bonds. The second-order valence-electron chi connectivity index (χ2n) is 8.70. The van der Waals surface area contributed by atoms with Gasteiger partial charge in [0.2, 0.25) is 0 Å². The predicted molar refractivity (Wildman–Crippen MR) is 124 cm³/mol. The molecule has 1 fully saturated rings. The molecule has 5 rings (SSSR count). The summed E-state index contributed by atoms with van der Waals surface area (Å²) >= 11 is 0. The van der Waals surface area contributed by atoms with Crippen molar-refractivity contribution in [2.24, 2.45) is 0 Å². The Morgan fingerprint density at radius 3 is 2.47 bits per heavy atom. The van der Waals surface area contributed by atoms with Crippen LogP contribution in [0.2, 0.25) is 0 Å². The molecule has 0 radical (unpaired) electrons. The van der Waals surface area contributed by atoms with Crippen molar-refractivity contribution >= 4 is 11.6 Å². The lowest BCUT2D eigenvalue weighted by Crippen LogP contribution is -2.46. The average Bonchev–Trinajstić information content (AvgIpc) is 3.25. The molecule has 4 aromatic rings. The third-order valence-electron chi connectivity index (χ3n) is 6.61. The maximum absolute atomic E-state index is 13.1. The van der Waals surface area contributed by atoms with E-state index < -0.39 is 0 Å². The molecule has 1 aliphatic rings. The van der Waals surface area contributed by atoms with E-state index >= 15 is 0 Å². The number of imidazole rings is 1. The quantitative estimate of drug-likeness (QED) is 0.541. The van der Waals surface area contributed by atoms with Crippen LogP contribution in [0.25, 0.3) is 5.65 Å². The van der Waals surface area contributed by atoms with Crippen LogP contribution in [-0.4, -0.2) is 38.3 Å². The van der Waals surface area contributed by atoms with Gasteiger partial charge in [0.05, 0.1) is 5.69 Å². The minimum atomic E-state index is -0.267. The second kappa shape index (κ2) is 7.79. The van der Waals surface area contributed by atoms with E-state index in [1.807, 2.05) is 23.2 Å². The van der Waals surface area contributed by atoms with Crippen molar-refractivity contribution < 1.29 is 4.79 Å². The molecule has 162 valence electrons. The number of nitrogens with one attached hydrogen (secondary N) is 1. The van der Waals surface area contributed by atoms with Gasteiger partial charge in [-0.2, -0.15) is 0 Å². The maximum Gasteiger partial charge on any atom is 0.270 e. The van der Waals surface area contributed by atoms with E-state index in [2.05, 4.69) is 52.8 Å². The summed E-state index contributed by atoms with van der Waals surface area (Å²) in [4.78, 5) is 34.9. The van der Waals surface area contributed by atoms with E-state index in [9.17, 15) is 9.59 Å². The van der Waals surface area contributed by atoms with E-state index in [1.165, 1.54) is 17.7 Å². The molecule has 0 saturated carbocycles. The molecule has 0 unspecified atom stereocenters. The lowest BCUT2D eigenvalue weighted by Gasteiger charge is -2.41. The summed E-state index contributed by atoms with van der Waals surface area (Å²) in [5.74, 6) is -0.127. The predicted octanol–water partition coefficient (Wildman–Crippen LogP) is 3.86. The highest BCUT2D eigenvalue weighted by Crippen LogP contribution is 2.41. The number of benzene rings is 1. The molecule has 1 aliphatic heterocycles. The van der Waals surface area contributed by atoms with Gasteiger partial charge in [0, 0.05) is 48.7 Å². The number of H-pyrrole nitrogens is 1. The molecule has 6 nitrogen and oxygen atoms in total. The summed E-state index contributed by atoms with van der Waals surface area (Å²) in [6.07, 6.45) is 5.69. The normalized spacial score (nSPS) is 15.8. The molecule has 0 atom stereocenters. The number of nitrogens with zero attached hydrogens (tertiary/aromatic N) is 3. The highest BCUT2D eigenvalue weighted by atomic mass is 16.2. The van der Waals surface area contributed by atoms with Crippen molar-refractivity contribution in [1.82, 2.24) is 19.3 Å². The maximum atomic E-state index is 13.1. The molecule has 0 aliphatic carbocycles. The molecule has 32 heavy (non-hydrogen) atoms. The van der Waals surface area contributed by atoms with Crippen LogP contribution in [0.15, 0.2) is 71.8 Å². The number of aromatic amines is 1. The van der Waals surface area contributed by atoms with Gasteiger partial charge in [-0.3, -0.25) is 9.59 Å². The topological polar surface area (TPSA) is 70.5 Å². The molecule has 1 saturated heterocycles. The number of carbonyl (C=O) groups is 1. The Morgan fingerprint density at radius 1 is 1.03 bits per heavy atom. The van der Waals surface area contributed by atoms with Gasteiger partial charge in [-0.25, -0.2) is 4.98 Å². The number of hydrogen-bond donors (Lipinski definition) is 1. The molecular weight excluding hydrogens is 400 g/mol. The first kappa shape index (κ1) is 20.2. The Hall–Kier alpha value is -3.67. The van der Waals surface area contributed by atoms with E-state index in [-0.39, 0.29) is 16.8 Å². The first-order chi connectivity index (χ1) is 15.5. The van der Waals surface area contributed by atoms with Gasteiger partial charge in [-0.1, -0.05) is 36.4 Å². The Kier molecular flexibility index (Phi) is 4.93.